The van der Waals surface area contributed by atoms with Gasteiger partial charge in [-0.15, -0.1) is 0 Å². The summed E-state index contributed by atoms with van der Waals surface area (Å²) in [5, 5.41) is 8.82. The van der Waals surface area contributed by atoms with Crippen LogP contribution < -0.4 is 0 Å². The highest BCUT2D eigenvalue weighted by molar-refractivity contribution is 4.59. The first-order valence-corrected chi connectivity index (χ1v) is 7.09. The maximum atomic E-state index is 8.82. The minimum atomic E-state index is -0.345. The Balaban J connectivity index is 0. The molecule has 1 N–H and O–H groups in total. The van der Waals surface area contributed by atoms with Crippen LogP contribution in [-0.4, -0.2) is 24.4 Å². The van der Waals surface area contributed by atoms with E-state index >= 15 is 0 Å². The second-order valence-corrected chi connectivity index (χ2v) is 5.99. The Morgan fingerprint density at radius 1 is 1.00 bits per heavy atom. The van der Waals surface area contributed by atoms with E-state index in [1.165, 1.54) is 32.1 Å². The van der Waals surface area contributed by atoms with E-state index in [0.717, 1.165) is 0 Å². The molecule has 0 aliphatic carbocycles. The van der Waals surface area contributed by atoms with Crippen molar-refractivity contribution < 1.29 is 9.84 Å². The van der Waals surface area contributed by atoms with E-state index in [4.69, 9.17) is 9.84 Å². The van der Waals surface area contributed by atoms with Crippen molar-refractivity contribution in [1.29, 1.82) is 0 Å². The van der Waals surface area contributed by atoms with Crippen molar-refractivity contribution in [3.8, 4) is 0 Å². The SMILES string of the molecule is CC(O)COCC(C)(C)C.CCCCCCC. The number of aliphatic hydroxyl groups is 1. The summed E-state index contributed by atoms with van der Waals surface area (Å²) in [7, 11) is 0. The second kappa shape index (κ2) is 12.4. The van der Waals surface area contributed by atoms with Crippen molar-refractivity contribution in [2.45, 2.75) is 79.8 Å². The normalized spacial score (nSPS) is 12.9. The van der Waals surface area contributed by atoms with Crippen LogP contribution in [0.25, 0.3) is 0 Å². The molecule has 0 radical (unpaired) electrons. The highest BCUT2D eigenvalue weighted by Crippen LogP contribution is 2.12. The minimum Gasteiger partial charge on any atom is -0.391 e. The molecule has 0 spiro atoms. The molecule has 2 heteroatoms. The van der Waals surface area contributed by atoms with Gasteiger partial charge < -0.3 is 9.84 Å². The van der Waals surface area contributed by atoms with E-state index in [9.17, 15) is 0 Å². The summed E-state index contributed by atoms with van der Waals surface area (Å²) >= 11 is 0. The van der Waals surface area contributed by atoms with E-state index in [1.807, 2.05) is 0 Å². The highest BCUT2D eigenvalue weighted by atomic mass is 16.5. The largest absolute Gasteiger partial charge is 0.391 e. The van der Waals surface area contributed by atoms with E-state index in [2.05, 4.69) is 34.6 Å². The standard InChI is InChI=1S/C8H18O2.C7H16/c1-7(9)5-10-6-8(2,3)4;1-3-5-7-6-4-2/h7,9H,5-6H2,1-4H3;3-7H2,1-2H3. The van der Waals surface area contributed by atoms with Crippen molar-refractivity contribution in [3.63, 3.8) is 0 Å². The molecule has 17 heavy (non-hydrogen) atoms. The Labute approximate surface area is 109 Å². The van der Waals surface area contributed by atoms with Gasteiger partial charge in [0.2, 0.25) is 0 Å². The Morgan fingerprint density at radius 2 is 1.47 bits per heavy atom. The van der Waals surface area contributed by atoms with Gasteiger partial charge in [-0.05, 0) is 12.3 Å². The Morgan fingerprint density at radius 3 is 1.76 bits per heavy atom. The van der Waals surface area contributed by atoms with Gasteiger partial charge in [0.15, 0.2) is 0 Å². The number of unbranched alkanes of at least 4 members (excludes halogenated alkanes) is 4. The first kappa shape index (κ1) is 19.3. The van der Waals surface area contributed by atoms with Crippen LogP contribution in [0.2, 0.25) is 0 Å². The maximum absolute atomic E-state index is 8.82. The molecule has 0 aromatic carbocycles. The summed E-state index contributed by atoms with van der Waals surface area (Å²) in [6.45, 7) is 13.7. The molecular weight excluding hydrogens is 212 g/mol. The number of hydrogen-bond acceptors (Lipinski definition) is 2. The fraction of sp³-hybridized carbons (Fsp3) is 1.00. The molecule has 106 valence electrons. The molecule has 0 bridgehead atoms. The Hall–Kier alpha value is -0.0800. The molecule has 0 aliphatic heterocycles. The molecule has 0 aromatic rings. The highest BCUT2D eigenvalue weighted by Gasteiger charge is 2.10. The fourth-order valence-electron chi connectivity index (χ4n) is 1.21. The van der Waals surface area contributed by atoms with E-state index in [-0.39, 0.29) is 11.5 Å². The zero-order valence-electron chi connectivity index (χ0n) is 12.9. The maximum Gasteiger partial charge on any atom is 0.0745 e. The van der Waals surface area contributed by atoms with Crippen molar-refractivity contribution in [1.82, 2.24) is 0 Å². The summed E-state index contributed by atoms with van der Waals surface area (Å²) in [4.78, 5) is 0. The number of aliphatic hydroxyl groups excluding tert-OH is 1. The molecular formula is C15H34O2. The van der Waals surface area contributed by atoms with Crippen LogP contribution >= 0.6 is 0 Å². The molecule has 0 amide bonds. The number of hydrogen-bond donors (Lipinski definition) is 1. The van der Waals surface area contributed by atoms with Crippen molar-refractivity contribution in [3.05, 3.63) is 0 Å². The van der Waals surface area contributed by atoms with Crippen LogP contribution in [0.4, 0.5) is 0 Å². The van der Waals surface area contributed by atoms with Crippen LogP contribution in [0, 0.1) is 5.41 Å². The van der Waals surface area contributed by atoms with Gasteiger partial charge in [-0.2, -0.15) is 0 Å². The minimum absolute atomic E-state index is 0.203. The van der Waals surface area contributed by atoms with Crippen LogP contribution in [0.1, 0.15) is 73.6 Å². The van der Waals surface area contributed by atoms with Gasteiger partial charge in [0.1, 0.15) is 0 Å². The van der Waals surface area contributed by atoms with Crippen LogP contribution in [0.3, 0.4) is 0 Å². The zero-order valence-corrected chi connectivity index (χ0v) is 12.9. The predicted octanol–water partition coefficient (Wildman–Crippen LogP) is 4.41. The van der Waals surface area contributed by atoms with E-state index < -0.39 is 0 Å². The number of ether oxygens (including phenoxy) is 1. The molecule has 2 nitrogen and oxygen atoms in total. The number of rotatable bonds is 7. The summed E-state index contributed by atoms with van der Waals surface area (Å²) < 4.78 is 5.21. The van der Waals surface area contributed by atoms with E-state index in [0.29, 0.717) is 13.2 Å². The summed E-state index contributed by atoms with van der Waals surface area (Å²) in [6.07, 6.45) is 6.66. The quantitative estimate of drug-likeness (QED) is 0.674. The zero-order chi connectivity index (χ0) is 13.7. The average Bonchev–Trinajstić information content (AvgIpc) is 2.17. The van der Waals surface area contributed by atoms with Gasteiger partial charge in [-0.3, -0.25) is 0 Å². The fourth-order valence-corrected chi connectivity index (χ4v) is 1.21. The topological polar surface area (TPSA) is 29.5 Å². The molecule has 0 saturated carbocycles. The summed E-state index contributed by atoms with van der Waals surface area (Å²) in [6, 6.07) is 0. The first-order valence-electron chi connectivity index (χ1n) is 7.09. The third-order valence-electron chi connectivity index (χ3n) is 2.10. The van der Waals surface area contributed by atoms with Gasteiger partial charge in [0.05, 0.1) is 19.3 Å². The third kappa shape index (κ3) is 25.9. The van der Waals surface area contributed by atoms with Gasteiger partial charge in [-0.1, -0.05) is 66.7 Å². The van der Waals surface area contributed by atoms with Gasteiger partial charge >= 0.3 is 0 Å². The molecule has 1 unspecified atom stereocenters. The lowest BCUT2D eigenvalue weighted by molar-refractivity contribution is 0.0138. The lowest BCUT2D eigenvalue weighted by atomic mass is 9.99. The Kier molecular flexibility index (Phi) is 14.0. The smallest absolute Gasteiger partial charge is 0.0745 e. The van der Waals surface area contributed by atoms with Crippen LogP contribution in [0.15, 0.2) is 0 Å². The van der Waals surface area contributed by atoms with Gasteiger partial charge in [-0.25, -0.2) is 0 Å². The van der Waals surface area contributed by atoms with Gasteiger partial charge in [0.25, 0.3) is 0 Å². The molecule has 0 fully saturated rings. The predicted molar refractivity (Wildman–Crippen MR) is 76.4 cm³/mol. The average molecular weight is 246 g/mol. The van der Waals surface area contributed by atoms with Gasteiger partial charge in [0, 0.05) is 0 Å². The molecule has 0 aliphatic rings. The van der Waals surface area contributed by atoms with Crippen molar-refractivity contribution in [2.75, 3.05) is 13.2 Å². The lowest BCUT2D eigenvalue weighted by Crippen LogP contribution is -2.19. The molecule has 1 atom stereocenters. The second-order valence-electron chi connectivity index (χ2n) is 5.99. The summed E-state index contributed by atoms with van der Waals surface area (Å²) in [5.41, 5.74) is 0.203. The molecule has 0 heterocycles. The third-order valence-corrected chi connectivity index (χ3v) is 2.10. The summed E-state index contributed by atoms with van der Waals surface area (Å²) in [5.74, 6) is 0. The molecule has 0 rings (SSSR count). The van der Waals surface area contributed by atoms with Crippen molar-refractivity contribution in [2.24, 2.45) is 5.41 Å². The van der Waals surface area contributed by atoms with Crippen LogP contribution in [0.5, 0.6) is 0 Å². The first-order chi connectivity index (χ1) is 7.83. The lowest BCUT2D eigenvalue weighted by Gasteiger charge is -2.18. The Bertz CT molecular complexity index is 132. The van der Waals surface area contributed by atoms with Crippen LogP contribution in [-0.2, 0) is 4.74 Å². The molecule has 0 aromatic heterocycles. The molecule has 0 saturated heterocycles. The monoisotopic (exact) mass is 246 g/mol. The van der Waals surface area contributed by atoms with E-state index in [1.54, 1.807) is 6.92 Å². The van der Waals surface area contributed by atoms with Crippen molar-refractivity contribution >= 4 is 0 Å².